The zero-order valence-corrected chi connectivity index (χ0v) is 11.4. The third-order valence-corrected chi connectivity index (χ3v) is 2.43. The molecular weight excluding hydrogens is 300 g/mol. The summed E-state index contributed by atoms with van der Waals surface area (Å²) in [7, 11) is -4.45. The quantitative estimate of drug-likeness (QED) is 0.383. The van der Waals surface area contributed by atoms with E-state index in [-0.39, 0.29) is 11.4 Å². The summed E-state index contributed by atoms with van der Waals surface area (Å²) in [6.07, 6.45) is 0. The number of para-hydroxylation sites is 1. The second-order valence-electron chi connectivity index (χ2n) is 3.68. The van der Waals surface area contributed by atoms with Crippen LogP contribution >= 0.6 is 0 Å². The van der Waals surface area contributed by atoms with Crippen LogP contribution in [0.15, 0.2) is 54.6 Å². The van der Waals surface area contributed by atoms with Crippen molar-refractivity contribution < 1.29 is 22.1 Å². The van der Waals surface area contributed by atoms with Gasteiger partial charge in [-0.1, -0.05) is 24.3 Å². The summed E-state index contributed by atoms with van der Waals surface area (Å²) in [5.41, 5.74) is 5.82. The molecule has 0 fully saturated rings. The van der Waals surface area contributed by atoms with Gasteiger partial charge in [0.25, 0.3) is 5.69 Å². The highest BCUT2D eigenvalue weighted by atomic mass is 32.3. The Balaban J connectivity index is 0.000000219. The zero-order chi connectivity index (χ0) is 15.9. The van der Waals surface area contributed by atoms with Gasteiger partial charge in [0.1, 0.15) is 5.75 Å². The molecule has 0 spiro atoms. The molecule has 0 radical (unpaired) electrons. The van der Waals surface area contributed by atoms with E-state index in [2.05, 4.69) is 4.18 Å². The predicted octanol–water partition coefficient (Wildman–Crippen LogP) is 2.05. The summed E-state index contributed by atoms with van der Waals surface area (Å²) in [6, 6.07) is 13.7. The number of anilines is 1. The molecule has 0 saturated heterocycles. The predicted molar refractivity (Wildman–Crippen MR) is 76.1 cm³/mol. The average Bonchev–Trinajstić information content (AvgIpc) is 2.38. The van der Waals surface area contributed by atoms with Crippen molar-refractivity contribution in [2.24, 2.45) is 0 Å². The number of hydrogen-bond donors (Lipinski definition) is 2. The first-order valence-corrected chi connectivity index (χ1v) is 6.86. The van der Waals surface area contributed by atoms with Crippen molar-refractivity contribution >= 4 is 21.8 Å². The summed E-state index contributed by atoms with van der Waals surface area (Å²) in [6.45, 7) is 0. The molecule has 0 saturated carbocycles. The van der Waals surface area contributed by atoms with E-state index < -0.39 is 15.3 Å². The fourth-order valence-electron chi connectivity index (χ4n) is 1.24. The maximum absolute atomic E-state index is 10.2. The summed E-state index contributed by atoms with van der Waals surface area (Å²) < 4.78 is 32.8. The second-order valence-corrected chi connectivity index (χ2v) is 4.70. The van der Waals surface area contributed by atoms with Crippen LogP contribution < -0.4 is 9.92 Å². The maximum Gasteiger partial charge on any atom is 0.446 e. The van der Waals surface area contributed by atoms with Crippen LogP contribution in [0.5, 0.6) is 5.75 Å². The lowest BCUT2D eigenvalue weighted by Gasteiger charge is -2.00. The number of nitrogens with zero attached hydrogens (tertiary/aromatic N) is 1. The molecule has 2 rings (SSSR count). The Hall–Kier alpha value is -2.65. The highest BCUT2D eigenvalue weighted by molar-refractivity contribution is 7.81. The topological polar surface area (TPSA) is 133 Å². The molecule has 0 heterocycles. The summed E-state index contributed by atoms with van der Waals surface area (Å²) >= 11 is 0. The number of rotatable bonds is 3. The number of benzene rings is 2. The van der Waals surface area contributed by atoms with Crippen LogP contribution in [-0.2, 0) is 10.4 Å². The van der Waals surface area contributed by atoms with Crippen molar-refractivity contribution in [2.75, 3.05) is 5.73 Å². The third kappa shape index (κ3) is 6.89. The highest BCUT2D eigenvalue weighted by Crippen LogP contribution is 2.15. The number of nitro groups is 1. The van der Waals surface area contributed by atoms with Gasteiger partial charge in [-0.2, -0.15) is 8.42 Å². The van der Waals surface area contributed by atoms with Gasteiger partial charge in [-0.3, -0.25) is 14.7 Å². The molecule has 112 valence electrons. The zero-order valence-electron chi connectivity index (χ0n) is 10.6. The van der Waals surface area contributed by atoms with E-state index in [1.54, 1.807) is 24.3 Å². The smallest absolute Gasteiger partial charge is 0.399 e. The van der Waals surface area contributed by atoms with E-state index in [1.165, 1.54) is 30.3 Å². The van der Waals surface area contributed by atoms with Crippen LogP contribution in [0.4, 0.5) is 11.4 Å². The van der Waals surface area contributed by atoms with Crippen LogP contribution in [0.2, 0.25) is 0 Å². The van der Waals surface area contributed by atoms with Crippen molar-refractivity contribution in [3.63, 3.8) is 0 Å². The van der Waals surface area contributed by atoms with Gasteiger partial charge in [-0.25, -0.2) is 0 Å². The summed E-state index contributed by atoms with van der Waals surface area (Å²) in [5.74, 6) is -0.0162. The molecule has 0 aliphatic rings. The van der Waals surface area contributed by atoms with Crippen molar-refractivity contribution in [1.29, 1.82) is 0 Å². The lowest BCUT2D eigenvalue weighted by molar-refractivity contribution is -0.384. The van der Waals surface area contributed by atoms with Crippen LogP contribution in [0.1, 0.15) is 0 Å². The Kier molecular flexibility index (Phi) is 5.64. The Labute approximate surface area is 120 Å². The first-order valence-electron chi connectivity index (χ1n) is 5.50. The normalized spacial score (nSPS) is 10.1. The molecule has 21 heavy (non-hydrogen) atoms. The molecule has 0 unspecified atom stereocenters. The molecule has 0 aliphatic heterocycles. The molecule has 0 aromatic heterocycles. The lowest BCUT2D eigenvalue weighted by atomic mass is 10.3. The summed E-state index contributed by atoms with van der Waals surface area (Å²) in [5, 5.41) is 10.0. The minimum Gasteiger partial charge on any atom is -0.399 e. The van der Waals surface area contributed by atoms with Gasteiger partial charge < -0.3 is 9.92 Å². The number of nitrogens with two attached hydrogens (primary N) is 1. The number of nitrogen functional groups attached to an aromatic ring is 1. The average molecular weight is 312 g/mol. The van der Waals surface area contributed by atoms with E-state index >= 15 is 0 Å². The second kappa shape index (κ2) is 7.22. The molecule has 0 amide bonds. The van der Waals surface area contributed by atoms with Crippen LogP contribution in [-0.4, -0.2) is 17.9 Å². The Morgan fingerprint density at radius 1 is 1.10 bits per heavy atom. The van der Waals surface area contributed by atoms with Gasteiger partial charge in [0, 0.05) is 23.9 Å². The Morgan fingerprint density at radius 3 is 2.14 bits per heavy atom. The molecule has 2 aromatic rings. The number of hydrogen-bond acceptors (Lipinski definition) is 6. The fraction of sp³-hybridized carbons (Fsp3) is 0. The van der Waals surface area contributed by atoms with E-state index in [0.29, 0.717) is 5.69 Å². The highest BCUT2D eigenvalue weighted by Gasteiger charge is 2.05. The van der Waals surface area contributed by atoms with Gasteiger partial charge in [-0.15, -0.1) is 0 Å². The molecule has 0 atom stereocenters. The van der Waals surface area contributed by atoms with Crippen molar-refractivity contribution in [3.8, 4) is 5.75 Å². The van der Waals surface area contributed by atoms with E-state index in [9.17, 15) is 18.5 Å². The molecule has 8 nitrogen and oxygen atoms in total. The van der Waals surface area contributed by atoms with Crippen LogP contribution in [0.25, 0.3) is 0 Å². The number of nitro benzene ring substituents is 1. The molecule has 0 aliphatic carbocycles. The van der Waals surface area contributed by atoms with E-state index in [0.717, 1.165) is 0 Å². The minimum absolute atomic E-state index is 0.0162. The van der Waals surface area contributed by atoms with Crippen molar-refractivity contribution in [2.45, 2.75) is 0 Å². The maximum atomic E-state index is 10.2. The first kappa shape index (κ1) is 16.4. The molecule has 2 aromatic carbocycles. The fourth-order valence-corrected chi connectivity index (χ4v) is 1.58. The third-order valence-electron chi connectivity index (χ3n) is 2.03. The van der Waals surface area contributed by atoms with Gasteiger partial charge >= 0.3 is 10.4 Å². The number of non-ortho nitro benzene ring substituents is 1. The Bertz CT molecular complexity index is 703. The minimum atomic E-state index is -4.45. The SMILES string of the molecule is Nc1cccc(OS(=O)(=O)O)c1.O=[N+]([O-])c1ccccc1. The van der Waals surface area contributed by atoms with Crippen molar-refractivity contribution in [1.82, 2.24) is 0 Å². The van der Waals surface area contributed by atoms with Crippen LogP contribution in [0, 0.1) is 10.1 Å². The van der Waals surface area contributed by atoms with E-state index in [4.69, 9.17) is 10.3 Å². The van der Waals surface area contributed by atoms with Gasteiger partial charge in [0.05, 0.1) is 4.92 Å². The van der Waals surface area contributed by atoms with E-state index in [1.807, 2.05) is 0 Å². The standard InChI is InChI=1S/C6H7NO4S.C6H5NO2/c7-5-2-1-3-6(4-5)11-12(8,9)10;8-7(9)6-4-2-1-3-5-6/h1-4H,7H2,(H,8,9,10);1-5H. The summed E-state index contributed by atoms with van der Waals surface area (Å²) in [4.78, 5) is 9.59. The Morgan fingerprint density at radius 2 is 1.71 bits per heavy atom. The van der Waals surface area contributed by atoms with Crippen LogP contribution in [0.3, 0.4) is 0 Å². The van der Waals surface area contributed by atoms with Gasteiger partial charge in [0.2, 0.25) is 0 Å². The van der Waals surface area contributed by atoms with Gasteiger partial charge in [0.15, 0.2) is 0 Å². The first-order chi connectivity index (χ1) is 9.78. The molecule has 0 bridgehead atoms. The largest absolute Gasteiger partial charge is 0.446 e. The molecular formula is C12H12N2O6S. The van der Waals surface area contributed by atoms with Crippen molar-refractivity contribution in [3.05, 3.63) is 64.7 Å². The lowest BCUT2D eigenvalue weighted by Crippen LogP contribution is -2.06. The molecule has 9 heteroatoms. The van der Waals surface area contributed by atoms with Gasteiger partial charge in [-0.05, 0) is 12.1 Å². The molecule has 3 N–H and O–H groups in total. The monoisotopic (exact) mass is 312 g/mol.